The molecule has 0 heterocycles. The highest BCUT2D eigenvalue weighted by Gasteiger charge is 2.03. The first-order valence-corrected chi connectivity index (χ1v) is 7.93. The molecular weight excluding hydrogens is 300 g/mol. The van der Waals surface area contributed by atoms with Gasteiger partial charge in [-0.25, -0.2) is 0 Å². The fourth-order valence-electron chi connectivity index (χ4n) is 2.19. The Bertz CT molecular complexity index is 691. The summed E-state index contributed by atoms with van der Waals surface area (Å²) in [7, 11) is 5.70. The first-order chi connectivity index (χ1) is 11.6. The monoisotopic (exact) mass is 324 g/mol. The average molecular weight is 324 g/mol. The van der Waals surface area contributed by atoms with E-state index in [0.29, 0.717) is 5.56 Å². The smallest absolute Gasteiger partial charge is 0.185 e. The van der Waals surface area contributed by atoms with Crippen LogP contribution < -0.4 is 10.1 Å². The van der Waals surface area contributed by atoms with Crippen LogP contribution in [0, 0.1) is 0 Å². The molecule has 2 rings (SSSR count). The predicted molar refractivity (Wildman–Crippen MR) is 99.8 cm³/mol. The van der Waals surface area contributed by atoms with Gasteiger partial charge in [-0.05, 0) is 50.0 Å². The number of hydrogen-bond donors (Lipinski definition) is 1. The zero-order chi connectivity index (χ0) is 17.4. The van der Waals surface area contributed by atoms with Crippen LogP contribution in [0.2, 0.25) is 0 Å². The van der Waals surface area contributed by atoms with Crippen LogP contribution in [0.1, 0.15) is 15.9 Å². The van der Waals surface area contributed by atoms with Gasteiger partial charge in [0.05, 0.1) is 7.11 Å². The Morgan fingerprint density at radius 3 is 2.58 bits per heavy atom. The second-order valence-electron chi connectivity index (χ2n) is 5.78. The molecule has 0 aliphatic rings. The van der Waals surface area contributed by atoms with Crippen molar-refractivity contribution < 1.29 is 9.53 Å². The topological polar surface area (TPSA) is 41.6 Å². The molecule has 2 aromatic carbocycles. The maximum Gasteiger partial charge on any atom is 0.185 e. The normalized spacial score (nSPS) is 11.0. The van der Waals surface area contributed by atoms with Crippen molar-refractivity contribution in [3.63, 3.8) is 0 Å². The van der Waals surface area contributed by atoms with Crippen molar-refractivity contribution in [1.82, 2.24) is 4.90 Å². The lowest BCUT2D eigenvalue weighted by Crippen LogP contribution is -2.20. The number of anilines is 1. The summed E-state index contributed by atoms with van der Waals surface area (Å²) in [6.45, 7) is 1.78. The van der Waals surface area contributed by atoms with E-state index < -0.39 is 0 Å². The minimum absolute atomic E-state index is 0.0120. The Morgan fingerprint density at radius 1 is 1.17 bits per heavy atom. The molecule has 1 N–H and O–H groups in total. The molecule has 4 nitrogen and oxygen atoms in total. The van der Waals surface area contributed by atoms with Crippen LogP contribution >= 0.6 is 0 Å². The molecule has 4 heteroatoms. The molecule has 126 valence electrons. The molecular formula is C20H24N2O2. The minimum atomic E-state index is -0.0120. The summed E-state index contributed by atoms with van der Waals surface area (Å²) in [5, 5.41) is 3.33. The maximum absolute atomic E-state index is 12.3. The molecule has 0 aromatic heterocycles. The maximum atomic E-state index is 12.3. The molecule has 0 fully saturated rings. The number of allylic oxidation sites excluding steroid dienone is 1. The van der Waals surface area contributed by atoms with E-state index in [1.54, 1.807) is 13.2 Å². The number of ether oxygens (including phenoxy) is 1. The van der Waals surface area contributed by atoms with E-state index in [0.717, 1.165) is 30.1 Å². The Balaban J connectivity index is 1.99. The third kappa shape index (κ3) is 5.56. The van der Waals surface area contributed by atoms with Gasteiger partial charge in [0.25, 0.3) is 0 Å². The Kier molecular flexibility index (Phi) is 6.58. The van der Waals surface area contributed by atoms with Gasteiger partial charge in [0.2, 0.25) is 0 Å². The number of nitrogens with zero attached hydrogens (tertiary/aromatic N) is 1. The van der Waals surface area contributed by atoms with Gasteiger partial charge < -0.3 is 15.0 Å². The molecule has 0 amide bonds. The lowest BCUT2D eigenvalue weighted by atomic mass is 10.1. The summed E-state index contributed by atoms with van der Waals surface area (Å²) in [6.07, 6.45) is 3.41. The van der Waals surface area contributed by atoms with Crippen LogP contribution in [0.25, 0.3) is 6.08 Å². The van der Waals surface area contributed by atoms with Gasteiger partial charge in [-0.2, -0.15) is 0 Å². The highest BCUT2D eigenvalue weighted by Crippen LogP contribution is 2.14. The van der Waals surface area contributed by atoms with Crippen LogP contribution in [-0.4, -0.2) is 45.0 Å². The lowest BCUT2D eigenvalue weighted by molar-refractivity contribution is 0.104. The Morgan fingerprint density at radius 2 is 1.92 bits per heavy atom. The van der Waals surface area contributed by atoms with Crippen LogP contribution in [0.15, 0.2) is 54.6 Å². The largest absolute Gasteiger partial charge is 0.497 e. The second kappa shape index (κ2) is 8.89. The van der Waals surface area contributed by atoms with E-state index in [1.807, 2.05) is 68.7 Å². The van der Waals surface area contributed by atoms with Gasteiger partial charge in [0.1, 0.15) is 5.75 Å². The summed E-state index contributed by atoms with van der Waals surface area (Å²) in [4.78, 5) is 14.4. The Labute approximate surface area is 143 Å². The number of benzene rings is 2. The van der Waals surface area contributed by atoms with Crippen LogP contribution in [0.3, 0.4) is 0 Å². The lowest BCUT2D eigenvalue weighted by Gasteiger charge is -2.11. The number of carbonyl (C=O) groups excluding carboxylic acids is 1. The van der Waals surface area contributed by atoms with Crippen LogP contribution in [-0.2, 0) is 0 Å². The molecule has 0 atom stereocenters. The Hall–Kier alpha value is -2.59. The number of methoxy groups -OCH3 is 1. The standard InChI is InChI=1S/C20H24N2O2/c1-22(2)14-13-21-18-6-4-5-17(15-18)20(23)12-9-16-7-10-19(24-3)11-8-16/h4-12,15,21H,13-14H2,1-3H3/b12-9+. The van der Waals surface area contributed by atoms with Crippen LogP contribution in [0.5, 0.6) is 5.75 Å². The van der Waals surface area contributed by atoms with E-state index in [4.69, 9.17) is 4.74 Å². The fourth-order valence-corrected chi connectivity index (χ4v) is 2.19. The minimum Gasteiger partial charge on any atom is -0.497 e. The highest BCUT2D eigenvalue weighted by atomic mass is 16.5. The van der Waals surface area contributed by atoms with Crippen LogP contribution in [0.4, 0.5) is 5.69 Å². The van der Waals surface area contributed by atoms with Gasteiger partial charge in [-0.3, -0.25) is 4.79 Å². The van der Waals surface area contributed by atoms with Crippen molar-refractivity contribution in [2.75, 3.05) is 39.6 Å². The first-order valence-electron chi connectivity index (χ1n) is 7.93. The quantitative estimate of drug-likeness (QED) is 0.595. The van der Waals surface area contributed by atoms with E-state index in [-0.39, 0.29) is 5.78 Å². The first kappa shape index (κ1) is 17.8. The summed E-state index contributed by atoms with van der Waals surface area (Å²) in [5.41, 5.74) is 2.60. The van der Waals surface area contributed by atoms with E-state index in [9.17, 15) is 4.79 Å². The van der Waals surface area contributed by atoms with E-state index in [2.05, 4.69) is 10.2 Å². The second-order valence-corrected chi connectivity index (χ2v) is 5.78. The number of likely N-dealkylation sites (N-methyl/N-ethyl adjacent to an activating group) is 1. The van der Waals surface area contributed by atoms with Gasteiger partial charge >= 0.3 is 0 Å². The van der Waals surface area contributed by atoms with Crippen molar-refractivity contribution in [3.8, 4) is 5.75 Å². The molecule has 0 saturated heterocycles. The predicted octanol–water partition coefficient (Wildman–Crippen LogP) is 3.56. The summed E-state index contributed by atoms with van der Waals surface area (Å²) < 4.78 is 5.12. The number of carbonyl (C=O) groups is 1. The van der Waals surface area contributed by atoms with Gasteiger partial charge in [0.15, 0.2) is 5.78 Å². The highest BCUT2D eigenvalue weighted by molar-refractivity contribution is 6.07. The molecule has 0 radical (unpaired) electrons. The van der Waals surface area contributed by atoms with Crippen molar-refractivity contribution in [2.45, 2.75) is 0 Å². The third-order valence-electron chi connectivity index (χ3n) is 3.58. The molecule has 2 aromatic rings. The van der Waals surface area contributed by atoms with Crippen molar-refractivity contribution >= 4 is 17.5 Å². The number of hydrogen-bond acceptors (Lipinski definition) is 4. The van der Waals surface area contributed by atoms with Crippen molar-refractivity contribution in [2.24, 2.45) is 0 Å². The van der Waals surface area contributed by atoms with Gasteiger partial charge in [0, 0.05) is 24.3 Å². The van der Waals surface area contributed by atoms with E-state index in [1.165, 1.54) is 0 Å². The fraction of sp³-hybridized carbons (Fsp3) is 0.250. The summed E-state index contributed by atoms with van der Waals surface area (Å²) >= 11 is 0. The average Bonchev–Trinajstić information content (AvgIpc) is 2.60. The van der Waals surface area contributed by atoms with Crippen molar-refractivity contribution in [1.29, 1.82) is 0 Å². The molecule has 0 bridgehead atoms. The zero-order valence-electron chi connectivity index (χ0n) is 14.5. The third-order valence-corrected chi connectivity index (χ3v) is 3.58. The molecule has 0 spiro atoms. The molecule has 0 aliphatic carbocycles. The van der Waals surface area contributed by atoms with Gasteiger partial charge in [-0.15, -0.1) is 0 Å². The summed E-state index contributed by atoms with van der Waals surface area (Å²) in [5.74, 6) is 0.789. The molecule has 0 unspecified atom stereocenters. The van der Waals surface area contributed by atoms with E-state index >= 15 is 0 Å². The molecule has 0 saturated carbocycles. The molecule has 0 aliphatic heterocycles. The number of rotatable bonds is 8. The molecule has 24 heavy (non-hydrogen) atoms. The van der Waals surface area contributed by atoms with Crippen molar-refractivity contribution in [3.05, 3.63) is 65.7 Å². The zero-order valence-corrected chi connectivity index (χ0v) is 14.5. The summed E-state index contributed by atoms with van der Waals surface area (Å²) in [6, 6.07) is 15.2. The number of nitrogens with one attached hydrogen (secondary N) is 1. The van der Waals surface area contributed by atoms with Gasteiger partial charge in [-0.1, -0.05) is 30.3 Å². The SMILES string of the molecule is COc1ccc(/C=C/C(=O)c2cccc(NCCN(C)C)c2)cc1. The number of ketones is 1.